The van der Waals surface area contributed by atoms with Crippen molar-refractivity contribution in [3.8, 4) is 11.5 Å². The standard InChI is InChI=1S/C23H28N2O5/c1-14-10-18(30-23(27)29-4)11-15(2)19(14)13-20(24)22(26)25-9-5-6-16-12-17(28-3)7-8-21(16)25/h7-8,10-12,20H,5-6,9,13,24H2,1-4H3. The molecule has 7 heteroatoms. The number of ether oxygens (including phenoxy) is 3. The summed E-state index contributed by atoms with van der Waals surface area (Å²) in [5.74, 6) is 1.09. The van der Waals surface area contributed by atoms with E-state index in [1.54, 1.807) is 24.1 Å². The van der Waals surface area contributed by atoms with Crippen LogP contribution in [-0.2, 0) is 22.4 Å². The third kappa shape index (κ3) is 4.57. The van der Waals surface area contributed by atoms with Gasteiger partial charge in [-0.15, -0.1) is 0 Å². The molecule has 30 heavy (non-hydrogen) atoms. The molecular weight excluding hydrogens is 384 g/mol. The summed E-state index contributed by atoms with van der Waals surface area (Å²) in [6, 6.07) is 8.59. The molecule has 3 rings (SSSR count). The highest BCUT2D eigenvalue weighted by Gasteiger charge is 2.28. The van der Waals surface area contributed by atoms with Crippen LogP contribution in [0.2, 0.25) is 0 Å². The van der Waals surface area contributed by atoms with Gasteiger partial charge in [0.2, 0.25) is 5.91 Å². The van der Waals surface area contributed by atoms with Crippen LogP contribution in [-0.4, -0.2) is 38.9 Å². The molecule has 1 aliphatic rings. The third-order valence-corrected chi connectivity index (χ3v) is 5.45. The summed E-state index contributed by atoms with van der Waals surface area (Å²) in [6.07, 6.45) is 1.42. The second kappa shape index (κ2) is 9.17. The molecule has 0 fully saturated rings. The van der Waals surface area contributed by atoms with E-state index in [0.717, 1.165) is 46.5 Å². The third-order valence-electron chi connectivity index (χ3n) is 5.45. The maximum Gasteiger partial charge on any atom is 0.513 e. The molecule has 0 aliphatic carbocycles. The van der Waals surface area contributed by atoms with Crippen molar-refractivity contribution in [2.75, 3.05) is 25.7 Å². The molecular formula is C23H28N2O5. The lowest BCUT2D eigenvalue weighted by molar-refractivity contribution is -0.119. The molecule has 0 saturated carbocycles. The molecule has 2 aromatic carbocycles. The van der Waals surface area contributed by atoms with Crippen molar-refractivity contribution >= 4 is 17.7 Å². The lowest BCUT2D eigenvalue weighted by atomic mass is 9.94. The van der Waals surface area contributed by atoms with Crippen LogP contribution in [0.5, 0.6) is 11.5 Å². The van der Waals surface area contributed by atoms with Crippen LogP contribution in [0.25, 0.3) is 0 Å². The van der Waals surface area contributed by atoms with Gasteiger partial charge in [0.15, 0.2) is 0 Å². The van der Waals surface area contributed by atoms with E-state index in [9.17, 15) is 9.59 Å². The number of amides is 1. The van der Waals surface area contributed by atoms with Crippen molar-refractivity contribution in [2.45, 2.75) is 39.2 Å². The number of benzene rings is 2. The molecule has 0 saturated heterocycles. The number of rotatable bonds is 5. The molecule has 1 atom stereocenters. The summed E-state index contributed by atoms with van der Waals surface area (Å²) in [5, 5.41) is 0. The highest BCUT2D eigenvalue weighted by molar-refractivity contribution is 5.98. The van der Waals surface area contributed by atoms with E-state index in [0.29, 0.717) is 18.7 Å². The number of anilines is 1. The smallest absolute Gasteiger partial charge is 0.497 e. The molecule has 0 spiro atoms. The van der Waals surface area contributed by atoms with Gasteiger partial charge < -0.3 is 24.8 Å². The quantitative estimate of drug-likeness (QED) is 0.598. The first-order valence-corrected chi connectivity index (χ1v) is 9.93. The SMILES string of the molecule is COC(=O)Oc1cc(C)c(CC(N)C(=O)N2CCCc3cc(OC)ccc32)c(C)c1. The Balaban J connectivity index is 1.78. The molecule has 1 amide bonds. The summed E-state index contributed by atoms with van der Waals surface area (Å²) in [4.78, 5) is 26.3. The highest BCUT2D eigenvalue weighted by Crippen LogP contribution is 2.31. The minimum atomic E-state index is -0.770. The van der Waals surface area contributed by atoms with Crippen molar-refractivity contribution in [3.63, 3.8) is 0 Å². The zero-order valence-corrected chi connectivity index (χ0v) is 17.9. The van der Waals surface area contributed by atoms with E-state index in [1.165, 1.54) is 7.11 Å². The second-order valence-corrected chi connectivity index (χ2v) is 7.49. The van der Waals surface area contributed by atoms with Crippen molar-refractivity contribution in [1.82, 2.24) is 0 Å². The summed E-state index contributed by atoms with van der Waals surface area (Å²) < 4.78 is 14.9. The van der Waals surface area contributed by atoms with Gasteiger partial charge in [0.05, 0.1) is 20.3 Å². The molecule has 1 heterocycles. The van der Waals surface area contributed by atoms with Crippen LogP contribution in [0.3, 0.4) is 0 Å². The van der Waals surface area contributed by atoms with Crippen molar-refractivity contribution in [1.29, 1.82) is 0 Å². The predicted molar refractivity (Wildman–Crippen MR) is 114 cm³/mol. The molecule has 1 aliphatic heterocycles. The van der Waals surface area contributed by atoms with Gasteiger partial charge in [0, 0.05) is 12.2 Å². The number of aryl methyl sites for hydroxylation is 3. The van der Waals surface area contributed by atoms with Gasteiger partial charge in [-0.2, -0.15) is 0 Å². The number of nitrogens with zero attached hydrogens (tertiary/aromatic N) is 1. The normalized spacial score (nSPS) is 14.0. The van der Waals surface area contributed by atoms with Crippen LogP contribution in [0, 0.1) is 13.8 Å². The number of fused-ring (bicyclic) bond motifs is 1. The fraction of sp³-hybridized carbons (Fsp3) is 0.391. The molecule has 1 unspecified atom stereocenters. The van der Waals surface area contributed by atoms with Gasteiger partial charge in [0.1, 0.15) is 11.5 Å². The van der Waals surface area contributed by atoms with Crippen LogP contribution in [0.1, 0.15) is 28.7 Å². The first kappa shape index (κ1) is 21.6. The number of nitrogens with two attached hydrogens (primary N) is 1. The van der Waals surface area contributed by atoms with E-state index in [4.69, 9.17) is 15.2 Å². The van der Waals surface area contributed by atoms with Gasteiger partial charge in [0.25, 0.3) is 0 Å². The predicted octanol–water partition coefficient (Wildman–Crippen LogP) is 3.31. The minimum Gasteiger partial charge on any atom is -0.497 e. The molecule has 2 N–H and O–H groups in total. The van der Waals surface area contributed by atoms with Gasteiger partial charge >= 0.3 is 6.16 Å². The van der Waals surface area contributed by atoms with E-state index < -0.39 is 12.2 Å². The lowest BCUT2D eigenvalue weighted by Crippen LogP contribution is -2.47. The van der Waals surface area contributed by atoms with Crippen molar-refractivity contribution in [2.24, 2.45) is 5.73 Å². The summed E-state index contributed by atoms with van der Waals surface area (Å²) in [6.45, 7) is 4.47. The van der Waals surface area contributed by atoms with Crippen molar-refractivity contribution < 1.29 is 23.8 Å². The van der Waals surface area contributed by atoms with E-state index in [-0.39, 0.29) is 5.91 Å². The molecule has 7 nitrogen and oxygen atoms in total. The van der Waals surface area contributed by atoms with E-state index in [2.05, 4.69) is 4.74 Å². The average Bonchev–Trinajstić information content (AvgIpc) is 2.74. The summed E-state index contributed by atoms with van der Waals surface area (Å²) in [5.41, 5.74) is 11.1. The number of carbonyl (C=O) groups excluding carboxylic acids is 2. The fourth-order valence-electron chi connectivity index (χ4n) is 3.91. The summed E-state index contributed by atoms with van der Waals surface area (Å²) in [7, 11) is 2.89. The Morgan fingerprint density at radius 2 is 1.80 bits per heavy atom. The maximum absolute atomic E-state index is 13.2. The summed E-state index contributed by atoms with van der Waals surface area (Å²) >= 11 is 0. The van der Waals surface area contributed by atoms with Gasteiger partial charge in [-0.3, -0.25) is 4.79 Å². The Kier molecular flexibility index (Phi) is 6.62. The first-order chi connectivity index (χ1) is 14.3. The number of carbonyl (C=O) groups is 2. The average molecular weight is 412 g/mol. The Bertz CT molecular complexity index is 934. The van der Waals surface area contributed by atoms with Crippen LogP contribution in [0.15, 0.2) is 30.3 Å². The Hall–Kier alpha value is -3.06. The van der Waals surface area contributed by atoms with Gasteiger partial charge in [-0.25, -0.2) is 4.79 Å². The molecule has 0 radical (unpaired) electrons. The second-order valence-electron chi connectivity index (χ2n) is 7.49. The number of hydrogen-bond donors (Lipinski definition) is 1. The zero-order chi connectivity index (χ0) is 21.8. The molecule has 2 aromatic rings. The number of hydrogen-bond acceptors (Lipinski definition) is 6. The molecule has 160 valence electrons. The number of methoxy groups -OCH3 is 2. The van der Waals surface area contributed by atoms with Crippen LogP contribution < -0.4 is 20.1 Å². The topological polar surface area (TPSA) is 91.1 Å². The first-order valence-electron chi connectivity index (χ1n) is 9.93. The fourth-order valence-corrected chi connectivity index (χ4v) is 3.91. The Labute approximate surface area is 176 Å². The van der Waals surface area contributed by atoms with E-state index >= 15 is 0 Å². The molecule has 0 bridgehead atoms. The highest BCUT2D eigenvalue weighted by atomic mass is 16.7. The van der Waals surface area contributed by atoms with Crippen molar-refractivity contribution in [3.05, 3.63) is 52.6 Å². The molecule has 0 aromatic heterocycles. The van der Waals surface area contributed by atoms with E-state index in [1.807, 2.05) is 32.0 Å². The van der Waals surface area contributed by atoms with Crippen LogP contribution in [0.4, 0.5) is 10.5 Å². The zero-order valence-electron chi connectivity index (χ0n) is 17.9. The van der Waals surface area contributed by atoms with Gasteiger partial charge in [-0.1, -0.05) is 0 Å². The largest absolute Gasteiger partial charge is 0.513 e. The van der Waals surface area contributed by atoms with Crippen LogP contribution >= 0.6 is 0 Å². The Morgan fingerprint density at radius 1 is 1.10 bits per heavy atom. The Morgan fingerprint density at radius 3 is 2.43 bits per heavy atom. The monoisotopic (exact) mass is 412 g/mol. The van der Waals surface area contributed by atoms with Gasteiger partial charge in [-0.05, 0) is 85.7 Å². The minimum absolute atomic E-state index is 0.102. The maximum atomic E-state index is 13.2. The lowest BCUT2D eigenvalue weighted by Gasteiger charge is -2.32.